The number of nitrogens with one attached hydrogen (secondary N) is 1. The van der Waals surface area contributed by atoms with Gasteiger partial charge in [0.2, 0.25) is 5.91 Å². The van der Waals surface area contributed by atoms with Crippen molar-refractivity contribution in [3.8, 4) is 0 Å². The average Bonchev–Trinajstić information content (AvgIpc) is 0.901. The number of esters is 9. The Kier molecular flexibility index (Phi) is 26.4. The zero-order chi connectivity index (χ0) is 65.2. The first-order chi connectivity index (χ1) is 42.2. The monoisotopic (exact) mass is 1280 g/mol. The number of ether oxygens (including phenoxy) is 17. The minimum absolute atomic E-state index is 0.0213. The molecule has 20 atom stereocenters. The number of thioether (sulfide) groups is 1. The summed E-state index contributed by atoms with van der Waals surface area (Å²) in [6.07, 6.45) is -30.4. The number of amides is 1. The minimum Gasteiger partial charge on any atom is -0.463 e. The fraction of sp³-hybridized carbons (Fsp3) is 0.614. The highest BCUT2D eigenvalue weighted by Gasteiger charge is 2.61. The second-order valence-electron chi connectivity index (χ2n) is 20.6. The zero-order valence-electron chi connectivity index (χ0n) is 50.4. The van der Waals surface area contributed by atoms with Crippen molar-refractivity contribution < 1.29 is 128 Å². The van der Waals surface area contributed by atoms with Gasteiger partial charge in [-0.1, -0.05) is 65.4 Å². The molecule has 4 saturated heterocycles. The van der Waals surface area contributed by atoms with Crippen LogP contribution in [0.25, 0.3) is 10.4 Å². The normalized spacial score (nSPS) is 31.5. The van der Waals surface area contributed by atoms with Crippen molar-refractivity contribution in [2.24, 2.45) is 5.11 Å². The Morgan fingerprint density at radius 1 is 0.472 bits per heavy atom. The van der Waals surface area contributed by atoms with Crippen LogP contribution in [0.3, 0.4) is 0 Å². The van der Waals surface area contributed by atoms with Crippen molar-refractivity contribution in [3.05, 3.63) is 76.7 Å². The zero-order valence-corrected chi connectivity index (χ0v) is 51.2. The Balaban J connectivity index is 1.64. The van der Waals surface area contributed by atoms with Gasteiger partial charge >= 0.3 is 53.7 Å². The van der Waals surface area contributed by atoms with E-state index in [0.717, 1.165) is 81.0 Å². The standard InChI is InChI=1S/C57H72N4O27S/c1-26-44(76-30(5)65)50(81-35(10)70)52(82-36(11)71)55(75-26)88-53-51(87-54-42(59-27(2)62)48(79-33(8)68)45(77-31(6)66)40(83-54)24-73-28(3)63)47(78-32(7)67)41(25-74-29(4)64)84-56(53)86-46-39(23-72-22-37-18-14-12-15-19-37)85-57(89-38-20-16-13-17-21-38)43(60-61-58)49(46)80-34(9)69/h12-21,26,39-57H,22-25H2,1-11H3,(H,59,62)/t26-,39+,40+,41+,42+,43+,44+,45-,46+,47-,48+,49+,50+,51-,52-,53+,54-,55+,56-,57-/m0/s1. The van der Waals surface area contributed by atoms with E-state index in [9.17, 15) is 53.5 Å². The molecule has 0 unspecified atom stereocenters. The van der Waals surface area contributed by atoms with Crippen molar-refractivity contribution in [1.82, 2.24) is 5.32 Å². The number of carbonyl (C=O) groups excluding carboxylic acids is 10. The van der Waals surface area contributed by atoms with Crippen LogP contribution < -0.4 is 5.32 Å². The van der Waals surface area contributed by atoms with Crippen LogP contribution in [0.15, 0.2) is 70.7 Å². The highest BCUT2D eigenvalue weighted by molar-refractivity contribution is 7.99. The molecule has 31 nitrogen and oxygen atoms in total. The first-order valence-electron chi connectivity index (χ1n) is 27.9. The molecule has 4 heterocycles. The molecule has 89 heavy (non-hydrogen) atoms. The molecule has 4 aliphatic heterocycles. The molecule has 6 rings (SSSR count). The highest BCUT2D eigenvalue weighted by atomic mass is 32.2. The molecule has 0 aromatic heterocycles. The fourth-order valence-corrected chi connectivity index (χ4v) is 11.3. The second kappa shape index (κ2) is 33.3. The molecule has 488 valence electrons. The third-order valence-corrected chi connectivity index (χ3v) is 14.6. The van der Waals surface area contributed by atoms with Crippen LogP contribution in [0.1, 0.15) is 81.7 Å². The number of hydrogen-bond acceptors (Lipinski definition) is 29. The second-order valence-corrected chi connectivity index (χ2v) is 21.8. The lowest BCUT2D eigenvalue weighted by Crippen LogP contribution is -2.71. The van der Waals surface area contributed by atoms with Crippen LogP contribution in [-0.4, -0.2) is 201 Å². The number of benzene rings is 2. The summed E-state index contributed by atoms with van der Waals surface area (Å²) in [7, 11) is 0. The van der Waals surface area contributed by atoms with E-state index in [1.165, 1.54) is 6.92 Å². The van der Waals surface area contributed by atoms with E-state index in [1.807, 2.05) is 0 Å². The van der Waals surface area contributed by atoms with Crippen LogP contribution in [0.2, 0.25) is 0 Å². The summed E-state index contributed by atoms with van der Waals surface area (Å²) in [4.78, 5) is 134. The van der Waals surface area contributed by atoms with Crippen molar-refractivity contribution in [3.63, 3.8) is 0 Å². The summed E-state index contributed by atoms with van der Waals surface area (Å²) in [5.74, 6) is -9.36. The van der Waals surface area contributed by atoms with E-state index in [-0.39, 0.29) is 13.2 Å². The maximum atomic E-state index is 13.5. The molecule has 32 heteroatoms. The molecular formula is C57H72N4O27S. The van der Waals surface area contributed by atoms with Crippen LogP contribution >= 0.6 is 11.8 Å². The molecule has 2 aromatic carbocycles. The van der Waals surface area contributed by atoms with Crippen LogP contribution in [0.5, 0.6) is 0 Å². The Labute approximate surface area is 514 Å². The third-order valence-electron chi connectivity index (χ3n) is 13.4. The highest BCUT2D eigenvalue weighted by Crippen LogP contribution is 2.42. The molecule has 0 aliphatic carbocycles. The molecule has 0 saturated carbocycles. The molecule has 1 N–H and O–H groups in total. The number of azide groups is 1. The van der Waals surface area contributed by atoms with Gasteiger partial charge in [-0.3, -0.25) is 47.9 Å². The van der Waals surface area contributed by atoms with Crippen molar-refractivity contribution in [2.75, 3.05) is 19.8 Å². The van der Waals surface area contributed by atoms with Gasteiger partial charge in [0.1, 0.15) is 73.5 Å². The fourth-order valence-electron chi connectivity index (χ4n) is 10.2. The van der Waals surface area contributed by atoms with E-state index in [4.69, 9.17) is 80.5 Å². The van der Waals surface area contributed by atoms with Crippen LogP contribution in [-0.2, 0) is 135 Å². The smallest absolute Gasteiger partial charge is 0.303 e. The first-order valence-corrected chi connectivity index (χ1v) is 28.8. The van der Waals surface area contributed by atoms with Crippen molar-refractivity contribution >= 4 is 71.4 Å². The van der Waals surface area contributed by atoms with Gasteiger partial charge in [-0.15, -0.1) is 0 Å². The van der Waals surface area contributed by atoms with E-state index >= 15 is 0 Å². The Bertz CT molecular complexity index is 2850. The molecule has 0 bridgehead atoms. The summed E-state index contributed by atoms with van der Waals surface area (Å²) < 4.78 is 105. The molecule has 4 fully saturated rings. The Hall–Kier alpha value is -7.52. The average molecular weight is 1280 g/mol. The van der Waals surface area contributed by atoms with E-state index < -0.39 is 195 Å². The lowest BCUT2D eigenvalue weighted by atomic mass is 9.94. The quantitative estimate of drug-likeness (QED) is 0.0491. The van der Waals surface area contributed by atoms with Crippen LogP contribution in [0, 0.1) is 0 Å². The SMILES string of the molecule is CC(=O)N[C@H]1[C@H](O[C@H]2[C@@H](OC(C)=O)[C@@H](COC(C)=O)O[C@@H](O[C@H]3[C@H](OC(C)=O)[C@@H](N=[N+]=[N-])[C@H](Sc4ccccc4)O[C@@H]3COCc3ccccc3)[C@@H]2O[C@H]2O[C@@H](C)[C@@H](OC(C)=O)[C@@H](OC(C)=O)[C@@H]2OC(C)=O)O[C@H](COC(C)=O)[C@H](OC(C)=O)[C@@H]1OC(C)=O. The largest absolute Gasteiger partial charge is 0.463 e. The van der Waals surface area contributed by atoms with Gasteiger partial charge in [0.25, 0.3) is 0 Å². The molecule has 0 radical (unpaired) electrons. The predicted molar refractivity (Wildman–Crippen MR) is 296 cm³/mol. The molecular weight excluding hydrogens is 1200 g/mol. The summed E-state index contributed by atoms with van der Waals surface area (Å²) in [5, 5.41) is 6.65. The third kappa shape index (κ3) is 20.5. The molecule has 1 amide bonds. The van der Waals surface area contributed by atoms with Gasteiger partial charge in [-0.2, -0.15) is 0 Å². The Morgan fingerprint density at radius 3 is 1.44 bits per heavy atom. The number of hydrogen-bond donors (Lipinski definition) is 1. The van der Waals surface area contributed by atoms with Gasteiger partial charge in [0, 0.05) is 79.0 Å². The number of nitrogens with zero attached hydrogens (tertiary/aromatic N) is 3. The van der Waals surface area contributed by atoms with E-state index in [0.29, 0.717) is 10.5 Å². The minimum atomic E-state index is -2.14. The van der Waals surface area contributed by atoms with Crippen molar-refractivity contribution in [1.29, 1.82) is 0 Å². The lowest BCUT2D eigenvalue weighted by Gasteiger charge is -2.52. The van der Waals surface area contributed by atoms with Gasteiger partial charge < -0.3 is 85.8 Å². The summed E-state index contributed by atoms with van der Waals surface area (Å²) in [5.41, 5.74) is 9.76. The van der Waals surface area contributed by atoms with Gasteiger partial charge in [0.05, 0.1) is 19.3 Å². The van der Waals surface area contributed by atoms with Gasteiger partial charge in [0.15, 0.2) is 55.5 Å². The lowest BCUT2D eigenvalue weighted by molar-refractivity contribution is -0.395. The number of carbonyl (C=O) groups is 10. The van der Waals surface area contributed by atoms with Gasteiger partial charge in [-0.05, 0) is 30.2 Å². The summed E-state index contributed by atoms with van der Waals surface area (Å²) >= 11 is 1.10. The first kappa shape index (κ1) is 70.6. The predicted octanol–water partition coefficient (Wildman–Crippen LogP) is 2.90. The number of rotatable bonds is 25. The Morgan fingerprint density at radius 2 is 0.910 bits per heavy atom. The molecule has 0 spiro atoms. The maximum Gasteiger partial charge on any atom is 0.303 e. The van der Waals surface area contributed by atoms with Crippen molar-refractivity contribution in [2.45, 2.75) is 210 Å². The summed E-state index contributed by atoms with van der Waals surface area (Å²) in [6.45, 7) is 9.72. The van der Waals surface area contributed by atoms with E-state index in [1.54, 1.807) is 60.7 Å². The van der Waals surface area contributed by atoms with Crippen LogP contribution in [0.4, 0.5) is 0 Å². The van der Waals surface area contributed by atoms with Gasteiger partial charge in [-0.25, -0.2) is 0 Å². The topological polar surface area (TPSA) is 388 Å². The molecule has 2 aromatic rings. The van der Waals surface area contributed by atoms with E-state index in [2.05, 4.69) is 15.3 Å². The maximum absolute atomic E-state index is 13.5. The molecule has 4 aliphatic rings. The summed E-state index contributed by atoms with van der Waals surface area (Å²) in [6, 6.07) is 14.5.